The molecule has 1 aromatic heterocycles. The number of nitrogens with one attached hydrogen (secondary N) is 2. The SMILES string of the molecule is CNC(=O)c1cc(C(=O)NC2CCC(O)CC2)c(C(C)c2cc(Cl)cc(Cl)c2)o1. The third-order valence-corrected chi connectivity index (χ3v) is 5.70. The molecule has 29 heavy (non-hydrogen) atoms. The fourth-order valence-corrected chi connectivity index (χ4v) is 4.14. The molecule has 0 aliphatic heterocycles. The van der Waals surface area contributed by atoms with Gasteiger partial charge >= 0.3 is 0 Å². The smallest absolute Gasteiger partial charge is 0.286 e. The van der Waals surface area contributed by atoms with Crippen molar-refractivity contribution in [3.05, 3.63) is 57.0 Å². The maximum atomic E-state index is 13.0. The van der Waals surface area contributed by atoms with Gasteiger partial charge in [-0.15, -0.1) is 0 Å². The number of carbonyl (C=O) groups is 2. The highest BCUT2D eigenvalue weighted by Crippen LogP contribution is 2.33. The zero-order chi connectivity index (χ0) is 21.1. The lowest BCUT2D eigenvalue weighted by molar-refractivity contribution is 0.0864. The summed E-state index contributed by atoms with van der Waals surface area (Å²) in [6.45, 7) is 1.86. The molecule has 1 aliphatic carbocycles. The summed E-state index contributed by atoms with van der Waals surface area (Å²) in [6.07, 6.45) is 2.43. The first-order chi connectivity index (χ1) is 13.8. The van der Waals surface area contributed by atoms with Crippen LogP contribution in [0.3, 0.4) is 0 Å². The van der Waals surface area contributed by atoms with Crippen molar-refractivity contribution in [1.82, 2.24) is 10.6 Å². The molecule has 1 heterocycles. The van der Waals surface area contributed by atoms with Gasteiger partial charge in [-0.05, 0) is 49.4 Å². The number of rotatable bonds is 5. The van der Waals surface area contributed by atoms with Gasteiger partial charge in [0.15, 0.2) is 5.76 Å². The van der Waals surface area contributed by atoms with E-state index in [2.05, 4.69) is 10.6 Å². The van der Waals surface area contributed by atoms with Gasteiger partial charge in [0, 0.05) is 35.1 Å². The van der Waals surface area contributed by atoms with E-state index < -0.39 is 5.91 Å². The molecule has 156 valence electrons. The van der Waals surface area contributed by atoms with Crippen LogP contribution in [-0.4, -0.2) is 36.1 Å². The zero-order valence-electron chi connectivity index (χ0n) is 16.3. The fraction of sp³-hybridized carbons (Fsp3) is 0.429. The first-order valence-corrected chi connectivity index (χ1v) is 10.3. The van der Waals surface area contributed by atoms with Crippen molar-refractivity contribution in [3.63, 3.8) is 0 Å². The van der Waals surface area contributed by atoms with E-state index in [0.717, 1.165) is 5.56 Å². The summed E-state index contributed by atoms with van der Waals surface area (Å²) in [5.74, 6) is -0.636. The molecular weight excluding hydrogens is 415 g/mol. The lowest BCUT2D eigenvalue weighted by atomic mass is 9.92. The number of furan rings is 1. The Bertz CT molecular complexity index is 884. The lowest BCUT2D eigenvalue weighted by Crippen LogP contribution is -2.38. The van der Waals surface area contributed by atoms with Gasteiger partial charge < -0.3 is 20.2 Å². The van der Waals surface area contributed by atoms with Gasteiger partial charge in [0.05, 0.1) is 11.7 Å². The second-order valence-electron chi connectivity index (χ2n) is 7.37. The van der Waals surface area contributed by atoms with Crippen LogP contribution in [0.1, 0.15) is 70.8 Å². The summed E-state index contributed by atoms with van der Waals surface area (Å²) >= 11 is 12.2. The summed E-state index contributed by atoms with van der Waals surface area (Å²) in [5.41, 5.74) is 1.08. The largest absolute Gasteiger partial charge is 0.454 e. The average molecular weight is 439 g/mol. The van der Waals surface area contributed by atoms with Gasteiger partial charge in [0.25, 0.3) is 11.8 Å². The first kappa shape index (κ1) is 21.7. The molecule has 2 aromatic rings. The summed E-state index contributed by atoms with van der Waals surface area (Å²) in [6, 6.07) is 6.58. The molecular formula is C21H24Cl2N2O4. The van der Waals surface area contributed by atoms with Gasteiger partial charge in [-0.3, -0.25) is 9.59 Å². The number of aliphatic hydroxyl groups excluding tert-OH is 1. The van der Waals surface area contributed by atoms with E-state index in [-0.39, 0.29) is 29.7 Å². The summed E-state index contributed by atoms with van der Waals surface area (Å²) in [4.78, 5) is 25.1. The molecule has 1 unspecified atom stereocenters. The number of hydrogen-bond acceptors (Lipinski definition) is 4. The first-order valence-electron chi connectivity index (χ1n) is 9.59. The number of carbonyl (C=O) groups excluding carboxylic acids is 2. The molecule has 1 fully saturated rings. The molecule has 1 aromatic carbocycles. The molecule has 2 amide bonds. The number of halogens is 2. The number of amides is 2. The van der Waals surface area contributed by atoms with Crippen molar-refractivity contribution in [3.8, 4) is 0 Å². The molecule has 0 saturated heterocycles. The van der Waals surface area contributed by atoms with Crippen molar-refractivity contribution < 1.29 is 19.1 Å². The standard InChI is InChI=1S/C21H24Cl2N2O4/c1-11(12-7-13(22)9-14(23)8-12)19-17(10-18(29-19)21(28)24-2)20(27)25-15-3-5-16(26)6-4-15/h7-11,15-16,26H,3-6H2,1-2H3,(H,24,28)(H,25,27). The maximum Gasteiger partial charge on any atom is 0.286 e. The molecule has 0 radical (unpaired) electrons. The van der Waals surface area contributed by atoms with E-state index in [1.165, 1.54) is 13.1 Å². The second-order valence-corrected chi connectivity index (χ2v) is 8.24. The lowest BCUT2D eigenvalue weighted by Gasteiger charge is -2.26. The van der Waals surface area contributed by atoms with Crippen molar-refractivity contribution in [2.45, 2.75) is 50.7 Å². The number of aliphatic hydroxyl groups is 1. The Morgan fingerprint density at radius 2 is 1.69 bits per heavy atom. The Morgan fingerprint density at radius 3 is 2.28 bits per heavy atom. The average Bonchev–Trinajstić information content (AvgIpc) is 3.13. The number of hydrogen-bond donors (Lipinski definition) is 3. The summed E-state index contributed by atoms with van der Waals surface area (Å²) in [5, 5.41) is 16.1. The van der Waals surface area contributed by atoms with Crippen LogP contribution in [0.15, 0.2) is 28.7 Å². The highest BCUT2D eigenvalue weighted by molar-refractivity contribution is 6.34. The summed E-state index contributed by atoms with van der Waals surface area (Å²) in [7, 11) is 1.50. The van der Waals surface area contributed by atoms with Gasteiger partial charge in [-0.25, -0.2) is 0 Å². The van der Waals surface area contributed by atoms with E-state index in [1.807, 2.05) is 6.92 Å². The van der Waals surface area contributed by atoms with Crippen molar-refractivity contribution >= 4 is 35.0 Å². The normalized spacial score (nSPS) is 20.2. The zero-order valence-corrected chi connectivity index (χ0v) is 17.8. The molecule has 6 nitrogen and oxygen atoms in total. The van der Waals surface area contributed by atoms with Crippen LogP contribution in [-0.2, 0) is 0 Å². The third kappa shape index (κ3) is 5.13. The minimum absolute atomic E-state index is 0.0204. The van der Waals surface area contributed by atoms with Crippen LogP contribution in [0.25, 0.3) is 0 Å². The van der Waals surface area contributed by atoms with Gasteiger partial charge in [-0.2, -0.15) is 0 Å². The Kier molecular flexibility index (Phi) is 6.88. The molecule has 1 saturated carbocycles. The Hall–Kier alpha value is -2.02. The van der Waals surface area contributed by atoms with Gasteiger partial charge in [-0.1, -0.05) is 30.1 Å². The predicted octanol–water partition coefficient (Wildman–Crippen LogP) is 4.13. The van der Waals surface area contributed by atoms with Crippen LogP contribution in [0, 0.1) is 0 Å². The maximum absolute atomic E-state index is 13.0. The van der Waals surface area contributed by atoms with Crippen molar-refractivity contribution in [1.29, 1.82) is 0 Å². The van der Waals surface area contributed by atoms with E-state index in [0.29, 0.717) is 47.1 Å². The van der Waals surface area contributed by atoms with Gasteiger partial charge in [0.1, 0.15) is 5.76 Å². The monoisotopic (exact) mass is 438 g/mol. The molecule has 8 heteroatoms. The van der Waals surface area contributed by atoms with Crippen molar-refractivity contribution in [2.24, 2.45) is 0 Å². The predicted molar refractivity (Wildman–Crippen MR) is 112 cm³/mol. The highest BCUT2D eigenvalue weighted by Gasteiger charge is 2.28. The van der Waals surface area contributed by atoms with E-state index in [9.17, 15) is 14.7 Å². The Morgan fingerprint density at radius 1 is 1.07 bits per heavy atom. The molecule has 1 aliphatic rings. The molecule has 1 atom stereocenters. The van der Waals surface area contributed by atoms with Crippen LogP contribution < -0.4 is 10.6 Å². The minimum atomic E-state index is -0.414. The Labute approximate surface area is 179 Å². The summed E-state index contributed by atoms with van der Waals surface area (Å²) < 4.78 is 5.79. The molecule has 3 rings (SSSR count). The quantitative estimate of drug-likeness (QED) is 0.654. The molecule has 0 spiro atoms. The number of benzene rings is 1. The fourth-order valence-electron chi connectivity index (χ4n) is 3.60. The topological polar surface area (TPSA) is 91.6 Å². The van der Waals surface area contributed by atoms with Gasteiger partial charge in [0.2, 0.25) is 0 Å². The Balaban J connectivity index is 1.91. The van der Waals surface area contributed by atoms with E-state index in [1.54, 1.807) is 18.2 Å². The van der Waals surface area contributed by atoms with Crippen molar-refractivity contribution in [2.75, 3.05) is 7.05 Å². The van der Waals surface area contributed by atoms with E-state index in [4.69, 9.17) is 27.6 Å². The molecule has 0 bridgehead atoms. The van der Waals surface area contributed by atoms with Crippen LogP contribution in [0.5, 0.6) is 0 Å². The third-order valence-electron chi connectivity index (χ3n) is 5.27. The van der Waals surface area contributed by atoms with E-state index >= 15 is 0 Å². The van der Waals surface area contributed by atoms with Crippen LogP contribution >= 0.6 is 23.2 Å². The van der Waals surface area contributed by atoms with Crippen LogP contribution in [0.2, 0.25) is 10.0 Å². The molecule has 3 N–H and O–H groups in total. The van der Waals surface area contributed by atoms with Crippen LogP contribution in [0.4, 0.5) is 0 Å². The minimum Gasteiger partial charge on any atom is -0.454 e. The second kappa shape index (κ2) is 9.20. The highest BCUT2D eigenvalue weighted by atomic mass is 35.5.